The molecule has 2 rings (SSSR count). The van der Waals surface area contributed by atoms with Crippen LogP contribution in [0.2, 0.25) is 0 Å². The van der Waals surface area contributed by atoms with Gasteiger partial charge in [0.25, 0.3) is 0 Å². The molecule has 0 spiro atoms. The molecule has 1 N–H and O–H groups in total. The topological polar surface area (TPSA) is 12.0 Å². The van der Waals surface area contributed by atoms with E-state index in [4.69, 9.17) is 0 Å². The third kappa shape index (κ3) is 4.43. The van der Waals surface area contributed by atoms with Crippen LogP contribution in [0, 0.1) is 6.92 Å². The van der Waals surface area contributed by atoms with Gasteiger partial charge < -0.3 is 5.32 Å². The van der Waals surface area contributed by atoms with Crippen molar-refractivity contribution in [3.8, 4) is 0 Å². The zero-order chi connectivity index (χ0) is 15.5. The molecule has 1 unspecified atom stereocenters. The molecule has 2 aromatic rings. The van der Waals surface area contributed by atoms with E-state index in [1.54, 1.807) is 18.2 Å². The highest BCUT2D eigenvalue weighted by molar-refractivity contribution is 8.00. The van der Waals surface area contributed by atoms with E-state index in [1.165, 1.54) is 6.07 Å². The Morgan fingerprint density at radius 3 is 2.29 bits per heavy atom. The van der Waals surface area contributed by atoms with E-state index in [9.17, 15) is 13.2 Å². The molecule has 0 aromatic heterocycles. The molecular formula is C16H16F3NS. The summed E-state index contributed by atoms with van der Waals surface area (Å²) >= 11 is -0.0938. The van der Waals surface area contributed by atoms with Crippen LogP contribution in [0.5, 0.6) is 0 Å². The number of hydrogen-bond donors (Lipinski definition) is 1. The summed E-state index contributed by atoms with van der Waals surface area (Å²) in [5, 5.41) is 3.17. The van der Waals surface area contributed by atoms with E-state index in [0.717, 1.165) is 11.1 Å². The first-order chi connectivity index (χ1) is 9.87. The van der Waals surface area contributed by atoms with Crippen LogP contribution < -0.4 is 5.32 Å². The molecule has 0 aliphatic heterocycles. The summed E-state index contributed by atoms with van der Waals surface area (Å²) in [6, 6.07) is 14.3. The summed E-state index contributed by atoms with van der Waals surface area (Å²) in [6.45, 7) is 3.93. The summed E-state index contributed by atoms with van der Waals surface area (Å²) in [6.07, 6.45) is 0. The summed E-state index contributed by atoms with van der Waals surface area (Å²) < 4.78 is 37.7. The number of thioether (sulfide) groups is 1. The molecule has 0 amide bonds. The average Bonchev–Trinajstić information content (AvgIpc) is 2.40. The largest absolute Gasteiger partial charge is 0.446 e. The second-order valence-corrected chi connectivity index (χ2v) is 5.87. The van der Waals surface area contributed by atoms with E-state index in [2.05, 4.69) is 5.32 Å². The van der Waals surface area contributed by atoms with Gasteiger partial charge in [0.1, 0.15) is 0 Å². The molecule has 2 aromatic carbocycles. The molecule has 1 atom stereocenters. The van der Waals surface area contributed by atoms with Gasteiger partial charge in [-0.3, -0.25) is 0 Å². The Hall–Kier alpha value is -1.62. The molecule has 112 valence electrons. The lowest BCUT2D eigenvalue weighted by Gasteiger charge is -2.20. The highest BCUT2D eigenvalue weighted by Crippen LogP contribution is 2.41. The number of halogens is 3. The molecule has 0 heterocycles. The fourth-order valence-corrected chi connectivity index (χ4v) is 2.82. The minimum absolute atomic E-state index is 0.0683. The minimum Gasteiger partial charge on any atom is -0.378 e. The molecule has 0 saturated carbocycles. The molecule has 0 aliphatic carbocycles. The maximum Gasteiger partial charge on any atom is 0.446 e. The predicted octanol–water partition coefficient (Wildman–Crippen LogP) is 5.78. The van der Waals surface area contributed by atoms with Crippen molar-refractivity contribution in [2.75, 3.05) is 5.32 Å². The van der Waals surface area contributed by atoms with Gasteiger partial charge in [0, 0.05) is 16.6 Å². The highest BCUT2D eigenvalue weighted by Gasteiger charge is 2.30. The third-order valence-electron chi connectivity index (χ3n) is 3.14. The van der Waals surface area contributed by atoms with Gasteiger partial charge in [-0.25, -0.2) is 0 Å². The maximum absolute atomic E-state index is 12.6. The second kappa shape index (κ2) is 6.43. The number of nitrogens with one attached hydrogen (secondary N) is 1. The predicted molar refractivity (Wildman–Crippen MR) is 81.6 cm³/mol. The smallest absolute Gasteiger partial charge is 0.378 e. The van der Waals surface area contributed by atoms with Gasteiger partial charge in [0.2, 0.25) is 0 Å². The van der Waals surface area contributed by atoms with E-state index < -0.39 is 5.51 Å². The SMILES string of the molecule is Cc1ccccc1C(C)Nc1ccccc1SC(F)(F)F. The van der Waals surface area contributed by atoms with Crippen molar-refractivity contribution in [3.05, 3.63) is 59.7 Å². The van der Waals surface area contributed by atoms with Crippen LogP contribution in [0.25, 0.3) is 0 Å². The Bertz CT molecular complexity index is 610. The van der Waals surface area contributed by atoms with Gasteiger partial charge in [0.05, 0.1) is 0 Å². The van der Waals surface area contributed by atoms with Crippen LogP contribution in [0.4, 0.5) is 18.9 Å². The van der Waals surface area contributed by atoms with Crippen LogP contribution in [-0.2, 0) is 0 Å². The van der Waals surface area contributed by atoms with Gasteiger partial charge in [0.15, 0.2) is 0 Å². The standard InChI is InChI=1S/C16H16F3NS/c1-11-7-3-4-8-13(11)12(2)20-14-9-5-6-10-15(14)21-16(17,18)19/h3-10,12,20H,1-2H3. The Balaban J connectivity index is 2.22. The lowest BCUT2D eigenvalue weighted by molar-refractivity contribution is -0.0327. The molecular weight excluding hydrogens is 295 g/mol. The Kier molecular flexibility index (Phi) is 4.83. The second-order valence-electron chi connectivity index (χ2n) is 4.77. The molecule has 21 heavy (non-hydrogen) atoms. The number of hydrogen-bond acceptors (Lipinski definition) is 2. The average molecular weight is 311 g/mol. The first-order valence-corrected chi connectivity index (χ1v) is 7.35. The zero-order valence-corrected chi connectivity index (χ0v) is 12.6. The molecule has 0 radical (unpaired) electrons. The fraction of sp³-hybridized carbons (Fsp3) is 0.250. The Labute approximate surface area is 126 Å². The number of anilines is 1. The quantitative estimate of drug-likeness (QED) is 0.718. The highest BCUT2D eigenvalue weighted by atomic mass is 32.2. The van der Waals surface area contributed by atoms with E-state index in [0.29, 0.717) is 5.69 Å². The van der Waals surface area contributed by atoms with Crippen molar-refractivity contribution < 1.29 is 13.2 Å². The van der Waals surface area contributed by atoms with Crippen LogP contribution in [0.3, 0.4) is 0 Å². The van der Waals surface area contributed by atoms with E-state index in [1.807, 2.05) is 38.1 Å². The molecule has 0 bridgehead atoms. The Morgan fingerprint density at radius 2 is 1.62 bits per heavy atom. The van der Waals surface area contributed by atoms with Gasteiger partial charge >= 0.3 is 5.51 Å². The van der Waals surface area contributed by atoms with Crippen LogP contribution in [0.1, 0.15) is 24.1 Å². The van der Waals surface area contributed by atoms with Crippen LogP contribution in [-0.4, -0.2) is 5.51 Å². The molecule has 5 heteroatoms. The summed E-state index contributed by atoms with van der Waals surface area (Å²) in [4.78, 5) is 0.186. The van der Waals surface area contributed by atoms with Crippen molar-refractivity contribution >= 4 is 17.4 Å². The third-order valence-corrected chi connectivity index (χ3v) is 3.95. The van der Waals surface area contributed by atoms with Crippen LogP contribution in [0.15, 0.2) is 53.4 Å². The maximum atomic E-state index is 12.6. The zero-order valence-electron chi connectivity index (χ0n) is 11.7. The molecule has 0 fully saturated rings. The first-order valence-electron chi connectivity index (χ1n) is 6.53. The first kappa shape index (κ1) is 15.8. The van der Waals surface area contributed by atoms with E-state index in [-0.39, 0.29) is 22.7 Å². The summed E-state index contributed by atoms with van der Waals surface area (Å²) in [5.41, 5.74) is -1.61. The van der Waals surface area contributed by atoms with Crippen molar-refractivity contribution in [1.82, 2.24) is 0 Å². The van der Waals surface area contributed by atoms with Crippen molar-refractivity contribution in [2.24, 2.45) is 0 Å². The normalized spacial score (nSPS) is 13.0. The van der Waals surface area contributed by atoms with Gasteiger partial charge in [-0.2, -0.15) is 13.2 Å². The number of aryl methyl sites for hydroxylation is 1. The minimum atomic E-state index is -4.29. The lowest BCUT2D eigenvalue weighted by atomic mass is 10.0. The number of alkyl halides is 3. The summed E-state index contributed by atoms with van der Waals surface area (Å²) in [7, 11) is 0. The van der Waals surface area contributed by atoms with Crippen LogP contribution >= 0.6 is 11.8 Å². The van der Waals surface area contributed by atoms with Gasteiger partial charge in [-0.05, 0) is 48.9 Å². The van der Waals surface area contributed by atoms with Gasteiger partial charge in [-0.15, -0.1) is 0 Å². The van der Waals surface area contributed by atoms with Gasteiger partial charge in [-0.1, -0.05) is 36.4 Å². The number of para-hydroxylation sites is 1. The van der Waals surface area contributed by atoms with Crippen molar-refractivity contribution in [1.29, 1.82) is 0 Å². The van der Waals surface area contributed by atoms with Crippen molar-refractivity contribution in [3.63, 3.8) is 0 Å². The monoisotopic (exact) mass is 311 g/mol. The van der Waals surface area contributed by atoms with E-state index >= 15 is 0 Å². The fourth-order valence-electron chi connectivity index (χ4n) is 2.18. The number of benzene rings is 2. The molecule has 0 aliphatic rings. The summed E-state index contributed by atoms with van der Waals surface area (Å²) in [5.74, 6) is 0. The molecule has 0 saturated heterocycles. The molecule has 1 nitrogen and oxygen atoms in total. The Morgan fingerprint density at radius 1 is 1.00 bits per heavy atom. The number of rotatable bonds is 4. The van der Waals surface area contributed by atoms with Crippen molar-refractivity contribution in [2.45, 2.75) is 30.3 Å². The lowest BCUT2D eigenvalue weighted by Crippen LogP contribution is -2.09.